The molecule has 0 aromatic rings. The van der Waals surface area contributed by atoms with Gasteiger partial charge < -0.3 is 15.3 Å². The lowest BCUT2D eigenvalue weighted by Gasteiger charge is -2.39. The number of piperidine rings is 1. The van der Waals surface area contributed by atoms with Gasteiger partial charge in [0.05, 0.1) is 5.60 Å². The van der Waals surface area contributed by atoms with E-state index in [2.05, 4.69) is 10.2 Å². The summed E-state index contributed by atoms with van der Waals surface area (Å²) < 4.78 is 0. The van der Waals surface area contributed by atoms with Crippen molar-refractivity contribution in [3.63, 3.8) is 0 Å². The minimum atomic E-state index is -0.462. The first-order valence-electron chi connectivity index (χ1n) is 7.85. The van der Waals surface area contributed by atoms with Crippen LogP contribution in [0, 0.1) is 5.92 Å². The van der Waals surface area contributed by atoms with Crippen LogP contribution in [0.1, 0.15) is 51.9 Å². The Labute approximate surface area is 116 Å². The number of carbonyl (C=O) groups excluding carboxylic acids is 1. The molecule has 1 heterocycles. The molecule has 0 spiro atoms. The first-order valence-corrected chi connectivity index (χ1v) is 7.85. The molecule has 2 fully saturated rings. The van der Waals surface area contributed by atoms with Crippen LogP contribution in [-0.2, 0) is 4.79 Å². The van der Waals surface area contributed by atoms with E-state index < -0.39 is 5.60 Å². The highest BCUT2D eigenvalue weighted by atomic mass is 16.3. The van der Waals surface area contributed by atoms with E-state index in [4.69, 9.17) is 0 Å². The second kappa shape index (κ2) is 6.71. The predicted octanol–water partition coefficient (Wildman–Crippen LogP) is 1.53. The number of nitrogens with zero attached hydrogens (tertiary/aromatic N) is 1. The van der Waals surface area contributed by atoms with Crippen LogP contribution in [-0.4, -0.2) is 47.7 Å². The summed E-state index contributed by atoms with van der Waals surface area (Å²) in [6.45, 7) is 5.38. The molecule has 0 radical (unpaired) electrons. The Morgan fingerprint density at radius 2 is 1.89 bits per heavy atom. The Balaban J connectivity index is 1.75. The third-order valence-electron chi connectivity index (χ3n) is 4.61. The molecular weight excluding hydrogens is 240 g/mol. The van der Waals surface area contributed by atoms with Gasteiger partial charge in [0, 0.05) is 19.0 Å². The van der Waals surface area contributed by atoms with Crippen molar-refractivity contribution < 1.29 is 9.90 Å². The molecule has 1 aliphatic heterocycles. The summed E-state index contributed by atoms with van der Waals surface area (Å²) in [5, 5.41) is 13.5. The van der Waals surface area contributed by atoms with Gasteiger partial charge in [0.2, 0.25) is 5.91 Å². The zero-order chi connectivity index (χ0) is 13.7. The monoisotopic (exact) mass is 268 g/mol. The van der Waals surface area contributed by atoms with Gasteiger partial charge in [0.1, 0.15) is 0 Å². The minimum absolute atomic E-state index is 0.178. The second-order valence-electron chi connectivity index (χ2n) is 6.23. The molecule has 1 amide bonds. The molecule has 1 aliphatic carbocycles. The van der Waals surface area contributed by atoms with E-state index >= 15 is 0 Å². The fourth-order valence-corrected chi connectivity index (χ4v) is 3.46. The SMILES string of the molecule is CCNC(=O)C1CCN(CC2(O)CCCCC2)CC1. The fraction of sp³-hybridized carbons (Fsp3) is 0.933. The number of hydrogen-bond donors (Lipinski definition) is 2. The third kappa shape index (κ3) is 4.18. The van der Waals surface area contributed by atoms with Crippen molar-refractivity contribution in [2.24, 2.45) is 5.92 Å². The number of nitrogens with one attached hydrogen (secondary N) is 1. The molecule has 0 bridgehead atoms. The largest absolute Gasteiger partial charge is 0.389 e. The molecule has 0 atom stereocenters. The zero-order valence-corrected chi connectivity index (χ0v) is 12.2. The van der Waals surface area contributed by atoms with E-state index in [0.29, 0.717) is 0 Å². The molecule has 4 heteroatoms. The van der Waals surface area contributed by atoms with E-state index in [9.17, 15) is 9.90 Å². The molecule has 19 heavy (non-hydrogen) atoms. The Morgan fingerprint density at radius 1 is 1.26 bits per heavy atom. The Hall–Kier alpha value is -0.610. The highest BCUT2D eigenvalue weighted by Crippen LogP contribution is 2.30. The molecule has 1 saturated carbocycles. The molecule has 1 saturated heterocycles. The van der Waals surface area contributed by atoms with E-state index in [0.717, 1.165) is 64.7 Å². The maximum Gasteiger partial charge on any atom is 0.223 e. The van der Waals surface area contributed by atoms with Crippen molar-refractivity contribution >= 4 is 5.91 Å². The van der Waals surface area contributed by atoms with Crippen LogP contribution >= 0.6 is 0 Å². The normalized spacial score (nSPS) is 25.2. The molecule has 2 N–H and O–H groups in total. The van der Waals surface area contributed by atoms with Gasteiger partial charge in [0.15, 0.2) is 0 Å². The van der Waals surface area contributed by atoms with Gasteiger partial charge in [0.25, 0.3) is 0 Å². The lowest BCUT2D eigenvalue weighted by Crippen LogP contribution is -2.48. The molecule has 4 nitrogen and oxygen atoms in total. The van der Waals surface area contributed by atoms with Crippen molar-refractivity contribution in [3.8, 4) is 0 Å². The van der Waals surface area contributed by atoms with Crippen LogP contribution in [0.25, 0.3) is 0 Å². The lowest BCUT2D eigenvalue weighted by molar-refractivity contribution is -0.126. The molecule has 0 unspecified atom stereocenters. The van der Waals surface area contributed by atoms with Gasteiger partial charge in [-0.15, -0.1) is 0 Å². The van der Waals surface area contributed by atoms with Gasteiger partial charge in [-0.25, -0.2) is 0 Å². The molecule has 110 valence electrons. The maximum absolute atomic E-state index is 11.8. The first-order chi connectivity index (χ1) is 9.13. The van der Waals surface area contributed by atoms with Crippen LogP contribution in [0.2, 0.25) is 0 Å². The van der Waals surface area contributed by atoms with E-state index in [1.54, 1.807) is 0 Å². The van der Waals surface area contributed by atoms with Crippen molar-refractivity contribution in [2.45, 2.75) is 57.5 Å². The van der Waals surface area contributed by atoms with Crippen molar-refractivity contribution in [2.75, 3.05) is 26.2 Å². The van der Waals surface area contributed by atoms with Gasteiger partial charge >= 0.3 is 0 Å². The summed E-state index contributed by atoms with van der Waals surface area (Å²) in [5.74, 6) is 0.385. The van der Waals surface area contributed by atoms with Gasteiger partial charge in [-0.3, -0.25) is 4.79 Å². The van der Waals surface area contributed by atoms with E-state index in [1.165, 1.54) is 6.42 Å². The third-order valence-corrected chi connectivity index (χ3v) is 4.61. The number of carbonyl (C=O) groups is 1. The minimum Gasteiger partial charge on any atom is -0.389 e. The maximum atomic E-state index is 11.8. The summed E-state index contributed by atoms with van der Waals surface area (Å²) in [5.41, 5.74) is -0.462. The van der Waals surface area contributed by atoms with Crippen molar-refractivity contribution in [1.82, 2.24) is 10.2 Å². The Morgan fingerprint density at radius 3 is 2.47 bits per heavy atom. The Bertz CT molecular complexity index is 293. The number of likely N-dealkylation sites (tertiary alicyclic amines) is 1. The number of aliphatic hydroxyl groups is 1. The summed E-state index contributed by atoms with van der Waals surface area (Å²) in [6.07, 6.45) is 7.34. The average Bonchev–Trinajstić information content (AvgIpc) is 2.40. The fourth-order valence-electron chi connectivity index (χ4n) is 3.46. The van der Waals surface area contributed by atoms with E-state index in [1.807, 2.05) is 6.92 Å². The molecule has 2 rings (SSSR count). The second-order valence-corrected chi connectivity index (χ2v) is 6.23. The molecular formula is C15H28N2O2. The number of hydrogen-bond acceptors (Lipinski definition) is 3. The average molecular weight is 268 g/mol. The summed E-state index contributed by atoms with van der Waals surface area (Å²) in [4.78, 5) is 14.1. The summed E-state index contributed by atoms with van der Waals surface area (Å²) in [7, 11) is 0. The lowest BCUT2D eigenvalue weighted by atomic mass is 9.84. The number of rotatable bonds is 4. The highest BCUT2D eigenvalue weighted by molar-refractivity contribution is 5.78. The molecule has 0 aromatic carbocycles. The summed E-state index contributed by atoms with van der Waals surface area (Å²) >= 11 is 0. The molecule has 0 aromatic heterocycles. The number of β-amino-alcohol motifs (C(OH)–C–C–N with tert-alkyl or cyclic N) is 1. The predicted molar refractivity (Wildman–Crippen MR) is 75.9 cm³/mol. The molecule has 2 aliphatic rings. The highest BCUT2D eigenvalue weighted by Gasteiger charge is 2.33. The first kappa shape index (κ1) is 14.8. The van der Waals surface area contributed by atoms with E-state index in [-0.39, 0.29) is 11.8 Å². The summed E-state index contributed by atoms with van der Waals surface area (Å²) in [6, 6.07) is 0. The van der Waals surface area contributed by atoms with Crippen LogP contribution < -0.4 is 5.32 Å². The number of amides is 1. The van der Waals surface area contributed by atoms with Gasteiger partial charge in [-0.2, -0.15) is 0 Å². The topological polar surface area (TPSA) is 52.6 Å². The van der Waals surface area contributed by atoms with Crippen LogP contribution in [0.5, 0.6) is 0 Å². The smallest absolute Gasteiger partial charge is 0.223 e. The van der Waals surface area contributed by atoms with Crippen LogP contribution in [0.4, 0.5) is 0 Å². The van der Waals surface area contributed by atoms with Gasteiger partial charge in [-0.05, 0) is 45.7 Å². The Kier molecular flexibility index (Phi) is 5.22. The van der Waals surface area contributed by atoms with Crippen LogP contribution in [0.15, 0.2) is 0 Å². The standard InChI is InChI=1S/C15H28N2O2/c1-2-16-14(18)13-6-10-17(11-7-13)12-15(19)8-4-3-5-9-15/h13,19H,2-12H2,1H3,(H,16,18). The van der Waals surface area contributed by atoms with Crippen molar-refractivity contribution in [3.05, 3.63) is 0 Å². The zero-order valence-electron chi connectivity index (χ0n) is 12.2. The van der Waals surface area contributed by atoms with Gasteiger partial charge in [-0.1, -0.05) is 19.3 Å². The van der Waals surface area contributed by atoms with Crippen molar-refractivity contribution in [1.29, 1.82) is 0 Å². The van der Waals surface area contributed by atoms with Crippen LogP contribution in [0.3, 0.4) is 0 Å². The quantitative estimate of drug-likeness (QED) is 0.813.